The van der Waals surface area contributed by atoms with Crippen LogP contribution in [0.1, 0.15) is 65.5 Å². The van der Waals surface area contributed by atoms with E-state index >= 15 is 4.39 Å². The molecule has 0 bridgehead atoms. The van der Waals surface area contributed by atoms with Crippen LogP contribution in [-0.2, 0) is 11.3 Å². The summed E-state index contributed by atoms with van der Waals surface area (Å²) in [6, 6.07) is 23.2. The van der Waals surface area contributed by atoms with Gasteiger partial charge in [-0.3, -0.25) is 5.32 Å². The molecule has 3 heterocycles. The van der Waals surface area contributed by atoms with Gasteiger partial charge in [0.15, 0.2) is 11.6 Å². The number of alkyl halides is 1. The van der Waals surface area contributed by atoms with Crippen LogP contribution in [0.5, 0.6) is 11.5 Å². The lowest BCUT2D eigenvalue weighted by Gasteiger charge is -2.53. The van der Waals surface area contributed by atoms with Crippen LogP contribution in [0.15, 0.2) is 85.1 Å². The predicted molar refractivity (Wildman–Crippen MR) is 187 cm³/mol. The van der Waals surface area contributed by atoms with Crippen molar-refractivity contribution in [3.63, 3.8) is 0 Å². The highest BCUT2D eigenvalue weighted by Crippen LogP contribution is 2.52. The number of nitrogens with zero attached hydrogens (tertiary/aromatic N) is 4. The molecule has 0 spiro atoms. The Morgan fingerprint density at radius 2 is 1.46 bits per heavy atom. The molecule has 2 saturated heterocycles. The first-order chi connectivity index (χ1) is 22.4. The van der Waals surface area contributed by atoms with Gasteiger partial charge in [0.1, 0.15) is 28.6 Å². The first kappa shape index (κ1) is 35.3. The number of para-hydroxylation sites is 1. The minimum atomic E-state index is -1.82. The third-order valence-electron chi connectivity index (χ3n) is 10.0. The van der Waals surface area contributed by atoms with Gasteiger partial charge in [-0.1, -0.05) is 77.1 Å². The van der Waals surface area contributed by atoms with Gasteiger partial charge in [-0.2, -0.15) is 0 Å². The Hall–Kier alpha value is -3.99. The molecule has 48 heavy (non-hydrogen) atoms. The summed E-state index contributed by atoms with van der Waals surface area (Å²) in [4.78, 5) is 9.00. The maximum Gasteiger partial charge on any atom is 0.223 e. The molecule has 2 aliphatic rings. The van der Waals surface area contributed by atoms with Gasteiger partial charge in [0.2, 0.25) is 5.92 Å². The van der Waals surface area contributed by atoms with Gasteiger partial charge in [0.25, 0.3) is 0 Å². The van der Waals surface area contributed by atoms with E-state index in [0.29, 0.717) is 13.1 Å². The monoisotopic (exact) mass is 660 g/mol. The van der Waals surface area contributed by atoms with E-state index in [0.717, 1.165) is 22.8 Å². The number of aromatic nitrogens is 2. The van der Waals surface area contributed by atoms with Crippen molar-refractivity contribution in [2.45, 2.75) is 85.2 Å². The summed E-state index contributed by atoms with van der Waals surface area (Å²) >= 11 is 0. The first-order valence-corrected chi connectivity index (χ1v) is 16.5. The summed E-state index contributed by atoms with van der Waals surface area (Å²) in [6.07, 6.45) is 2.01. The van der Waals surface area contributed by atoms with Crippen LogP contribution in [0.2, 0.25) is 0 Å². The lowest BCUT2D eigenvalue weighted by Crippen LogP contribution is -2.72. The molecular weight excluding hydrogens is 610 g/mol. The molecule has 2 fully saturated rings. The van der Waals surface area contributed by atoms with Crippen molar-refractivity contribution < 1.29 is 19.0 Å². The Morgan fingerprint density at radius 3 is 1.96 bits per heavy atom. The van der Waals surface area contributed by atoms with Crippen LogP contribution in [-0.4, -0.2) is 49.3 Å². The smallest absolute Gasteiger partial charge is 0.223 e. The Balaban J connectivity index is 0.000000494. The van der Waals surface area contributed by atoms with Crippen molar-refractivity contribution in [2.24, 2.45) is 11.3 Å². The second-order valence-electron chi connectivity index (χ2n) is 14.8. The molecule has 0 amide bonds. The summed E-state index contributed by atoms with van der Waals surface area (Å²) in [5.74, 6) is -1.97. The maximum atomic E-state index is 17.8. The molecule has 6 rings (SSSR count). The zero-order valence-electron chi connectivity index (χ0n) is 29.5. The third-order valence-corrected chi connectivity index (χ3v) is 10.0. The maximum absolute atomic E-state index is 17.8. The fourth-order valence-corrected chi connectivity index (χ4v) is 7.33. The topological polar surface area (TPSA) is 88.8 Å². The summed E-state index contributed by atoms with van der Waals surface area (Å²) in [5, 5.41) is 26.1. The van der Waals surface area contributed by atoms with Gasteiger partial charge in [-0.15, -0.1) is 0 Å². The zero-order chi connectivity index (χ0) is 35.3. The molecule has 2 aliphatic heterocycles. The number of anilines is 1. The molecule has 0 radical (unpaired) electrons. The Kier molecular flexibility index (Phi) is 9.18. The van der Waals surface area contributed by atoms with Crippen molar-refractivity contribution in [1.82, 2.24) is 25.1 Å². The van der Waals surface area contributed by atoms with E-state index in [4.69, 9.17) is 5.11 Å². The van der Waals surface area contributed by atoms with Crippen molar-refractivity contribution in [1.29, 1.82) is 0 Å². The first-order valence-electron chi connectivity index (χ1n) is 16.5. The van der Waals surface area contributed by atoms with Crippen LogP contribution in [0.4, 0.5) is 14.5 Å². The lowest BCUT2D eigenvalue weighted by molar-refractivity contribution is -0.155. The number of halogens is 2. The van der Waals surface area contributed by atoms with Gasteiger partial charge >= 0.3 is 0 Å². The van der Waals surface area contributed by atoms with Crippen molar-refractivity contribution in [3.05, 3.63) is 108 Å². The summed E-state index contributed by atoms with van der Waals surface area (Å²) in [7, 11) is 0. The number of phenols is 2. The van der Waals surface area contributed by atoms with Crippen LogP contribution in [0.25, 0.3) is 0 Å². The van der Waals surface area contributed by atoms with Crippen molar-refractivity contribution in [3.8, 4) is 11.5 Å². The van der Waals surface area contributed by atoms with Crippen LogP contribution < -0.4 is 15.5 Å². The van der Waals surface area contributed by atoms with E-state index in [2.05, 4.69) is 71.8 Å². The van der Waals surface area contributed by atoms with E-state index < -0.39 is 34.1 Å². The molecular formula is C38H50F2N6O2. The summed E-state index contributed by atoms with van der Waals surface area (Å²) in [6.45, 7) is 19.6. The minimum absolute atomic E-state index is 0.215. The van der Waals surface area contributed by atoms with E-state index in [1.54, 1.807) is 18.2 Å². The van der Waals surface area contributed by atoms with E-state index in [9.17, 15) is 9.50 Å². The van der Waals surface area contributed by atoms with Gasteiger partial charge in [-0.05, 0) is 75.1 Å². The summed E-state index contributed by atoms with van der Waals surface area (Å²) in [5.41, 5.74) is 0.361. The lowest BCUT2D eigenvalue weighted by atomic mass is 9.78. The number of nitrogens with one attached hydrogen (secondary N) is 2. The van der Waals surface area contributed by atoms with Crippen LogP contribution in [0, 0.1) is 31.0 Å². The number of aryl methyl sites for hydroxylation is 2. The van der Waals surface area contributed by atoms with E-state index in [-0.39, 0.29) is 17.4 Å². The van der Waals surface area contributed by atoms with E-state index in [1.165, 1.54) is 18.2 Å². The number of hydrogen-bond donors (Lipinski definition) is 4. The average Bonchev–Trinajstić information content (AvgIpc) is 3.65. The predicted octanol–water partition coefficient (Wildman–Crippen LogP) is 7.32. The highest BCUT2D eigenvalue weighted by molar-refractivity contribution is 5.55. The Morgan fingerprint density at radius 1 is 0.854 bits per heavy atom. The van der Waals surface area contributed by atoms with Crippen molar-refractivity contribution in [2.75, 3.05) is 18.0 Å². The molecule has 4 N–H and O–H groups in total. The molecule has 4 aromatic rings. The zero-order valence-corrected chi connectivity index (χ0v) is 29.5. The van der Waals surface area contributed by atoms with Gasteiger partial charge < -0.3 is 19.7 Å². The SMILES string of the molecule is Cc1cn(C2(C)CN(C3(C(C)(C)C)CN(c4ccc(O)cc4)C(C)(c4ccccc4)N3)C(F)(C(C)C)N2)c(C)n1.Oc1ccccc1F. The number of rotatable bonds is 5. The Labute approximate surface area is 283 Å². The summed E-state index contributed by atoms with van der Waals surface area (Å²) < 4.78 is 31.9. The number of phenolic OH excluding ortho intramolecular Hbond substituents is 2. The molecule has 258 valence electrons. The molecule has 1 aromatic heterocycles. The molecule has 3 aromatic carbocycles. The average molecular weight is 661 g/mol. The van der Waals surface area contributed by atoms with Crippen LogP contribution >= 0.6 is 0 Å². The van der Waals surface area contributed by atoms with Crippen molar-refractivity contribution >= 4 is 5.69 Å². The Bertz CT molecular complexity index is 1700. The molecule has 4 unspecified atom stereocenters. The molecule has 10 heteroatoms. The van der Waals surface area contributed by atoms with E-state index in [1.807, 2.05) is 69.1 Å². The largest absolute Gasteiger partial charge is 0.508 e. The standard InChI is InChI=1S/C32H45FN6O.C6H5FO/c1-22(2)32(33)35-29(8,37-19-23(3)34-24(37)4)20-39(32)31(28(5,6)7)21-38(26-15-17-27(40)18-16-26)30(9,36-31)25-13-11-10-12-14-25;7-5-3-1-2-4-6(5)8/h10-19,22,35-36,40H,20-21H2,1-9H3;1-4,8H. The van der Waals surface area contributed by atoms with Crippen LogP contribution in [0.3, 0.4) is 0 Å². The number of imidazole rings is 1. The number of benzene rings is 3. The van der Waals surface area contributed by atoms with Gasteiger partial charge in [-0.25, -0.2) is 24.0 Å². The highest BCUT2D eigenvalue weighted by atomic mass is 19.2. The van der Waals surface area contributed by atoms with Gasteiger partial charge in [0, 0.05) is 24.3 Å². The molecule has 8 nitrogen and oxygen atoms in total. The molecule has 0 aliphatic carbocycles. The normalized spacial score (nSPS) is 27.7. The second kappa shape index (κ2) is 12.5. The van der Waals surface area contributed by atoms with Gasteiger partial charge in [0.05, 0.1) is 12.2 Å². The second-order valence-corrected chi connectivity index (χ2v) is 14.8. The quantitative estimate of drug-likeness (QED) is 0.167. The number of hydrogen-bond acceptors (Lipinski definition) is 7. The number of aromatic hydroxyl groups is 2. The highest BCUT2D eigenvalue weighted by Gasteiger charge is 2.68. The fourth-order valence-electron chi connectivity index (χ4n) is 7.33. The third kappa shape index (κ3) is 6.06. The molecule has 0 saturated carbocycles. The fraction of sp³-hybridized carbons (Fsp3) is 0.447. The molecule has 4 atom stereocenters. The minimum Gasteiger partial charge on any atom is -0.508 e.